The van der Waals surface area contributed by atoms with Crippen molar-refractivity contribution in [3.8, 4) is 5.75 Å². The highest BCUT2D eigenvalue weighted by atomic mass is 16.5. The zero-order chi connectivity index (χ0) is 14.1. The van der Waals surface area contributed by atoms with Gasteiger partial charge in [0.15, 0.2) is 0 Å². The molecule has 1 rings (SSSR count). The summed E-state index contributed by atoms with van der Waals surface area (Å²) in [6.07, 6.45) is 1.26. The fraction of sp³-hybridized carbons (Fsp3) is 0.533. The van der Waals surface area contributed by atoms with Crippen LogP contribution in [0, 0.1) is 5.92 Å². The lowest BCUT2D eigenvalue weighted by Crippen LogP contribution is -2.41. The van der Waals surface area contributed by atoms with E-state index in [4.69, 9.17) is 10.5 Å². The van der Waals surface area contributed by atoms with Crippen LogP contribution < -0.4 is 15.8 Å². The molecule has 3 N–H and O–H groups in total. The molecular formula is C15H24N2O2. The van der Waals surface area contributed by atoms with Crippen molar-refractivity contribution in [1.82, 2.24) is 5.32 Å². The molecule has 0 fully saturated rings. The number of amides is 1. The van der Waals surface area contributed by atoms with E-state index in [0.717, 1.165) is 12.2 Å². The number of ether oxygens (including phenoxy) is 1. The number of para-hydroxylation sites is 1. The third-order valence-electron chi connectivity index (χ3n) is 2.75. The lowest BCUT2D eigenvalue weighted by atomic mass is 10.0. The highest BCUT2D eigenvalue weighted by Gasteiger charge is 2.12. The largest absolute Gasteiger partial charge is 0.493 e. The summed E-state index contributed by atoms with van der Waals surface area (Å²) in [5, 5.41) is 2.94. The van der Waals surface area contributed by atoms with Crippen LogP contribution in [0.2, 0.25) is 0 Å². The van der Waals surface area contributed by atoms with Gasteiger partial charge in [0.05, 0.1) is 13.0 Å². The predicted octanol–water partition coefficient (Wildman–Crippen LogP) is 1.95. The summed E-state index contributed by atoms with van der Waals surface area (Å²) in [5.74, 6) is 1.30. The van der Waals surface area contributed by atoms with E-state index in [1.54, 1.807) is 0 Å². The third kappa shape index (κ3) is 6.82. The zero-order valence-corrected chi connectivity index (χ0v) is 11.8. The van der Waals surface area contributed by atoms with Crippen LogP contribution >= 0.6 is 0 Å². The normalized spacial score (nSPS) is 12.2. The number of benzene rings is 1. The molecule has 0 saturated carbocycles. The predicted molar refractivity (Wildman–Crippen MR) is 77.0 cm³/mol. The Balaban J connectivity index is 2.23. The minimum Gasteiger partial charge on any atom is -0.493 e. The molecule has 0 spiro atoms. The standard InChI is InChI=1S/C15H24N2O2/c1-12(2)10-13(11-16)17-15(18)8-9-19-14-6-4-3-5-7-14/h3-7,12-13H,8-11,16H2,1-2H3,(H,17,18). The molecule has 0 heterocycles. The Morgan fingerprint density at radius 1 is 1.32 bits per heavy atom. The first-order valence-electron chi connectivity index (χ1n) is 6.79. The summed E-state index contributed by atoms with van der Waals surface area (Å²) in [6, 6.07) is 9.55. The quantitative estimate of drug-likeness (QED) is 0.754. The van der Waals surface area contributed by atoms with Gasteiger partial charge in [-0.05, 0) is 24.5 Å². The lowest BCUT2D eigenvalue weighted by Gasteiger charge is -2.18. The van der Waals surface area contributed by atoms with Gasteiger partial charge in [0.2, 0.25) is 5.91 Å². The topological polar surface area (TPSA) is 64.3 Å². The molecule has 1 unspecified atom stereocenters. The van der Waals surface area contributed by atoms with Crippen LogP contribution in [0.1, 0.15) is 26.7 Å². The van der Waals surface area contributed by atoms with E-state index in [0.29, 0.717) is 25.5 Å². The van der Waals surface area contributed by atoms with Crippen molar-refractivity contribution < 1.29 is 9.53 Å². The molecule has 0 bridgehead atoms. The van der Waals surface area contributed by atoms with Crippen molar-refractivity contribution in [2.24, 2.45) is 11.7 Å². The second-order valence-corrected chi connectivity index (χ2v) is 5.04. The molecule has 0 aliphatic heterocycles. The van der Waals surface area contributed by atoms with Gasteiger partial charge in [0, 0.05) is 12.6 Å². The van der Waals surface area contributed by atoms with Crippen LogP contribution in [0.4, 0.5) is 0 Å². The Morgan fingerprint density at radius 3 is 2.58 bits per heavy atom. The second-order valence-electron chi connectivity index (χ2n) is 5.04. The van der Waals surface area contributed by atoms with Crippen molar-refractivity contribution in [2.75, 3.05) is 13.2 Å². The molecule has 0 radical (unpaired) electrons. The summed E-state index contributed by atoms with van der Waals surface area (Å²) >= 11 is 0. The smallest absolute Gasteiger partial charge is 0.223 e. The highest BCUT2D eigenvalue weighted by Crippen LogP contribution is 2.08. The summed E-state index contributed by atoms with van der Waals surface area (Å²) in [4.78, 5) is 11.7. The SMILES string of the molecule is CC(C)CC(CN)NC(=O)CCOc1ccccc1. The van der Waals surface area contributed by atoms with Gasteiger partial charge in [-0.2, -0.15) is 0 Å². The minimum absolute atomic E-state index is 0.00738. The van der Waals surface area contributed by atoms with E-state index in [2.05, 4.69) is 19.2 Å². The van der Waals surface area contributed by atoms with Gasteiger partial charge < -0.3 is 15.8 Å². The van der Waals surface area contributed by atoms with Gasteiger partial charge in [-0.3, -0.25) is 4.79 Å². The summed E-state index contributed by atoms with van der Waals surface area (Å²) in [6.45, 7) is 5.10. The van der Waals surface area contributed by atoms with E-state index < -0.39 is 0 Å². The molecule has 1 aromatic carbocycles. The molecule has 0 aliphatic carbocycles. The lowest BCUT2D eigenvalue weighted by molar-refractivity contribution is -0.122. The summed E-state index contributed by atoms with van der Waals surface area (Å²) in [7, 11) is 0. The van der Waals surface area contributed by atoms with Crippen LogP contribution in [-0.4, -0.2) is 25.1 Å². The average molecular weight is 264 g/mol. The van der Waals surface area contributed by atoms with Gasteiger partial charge in [-0.1, -0.05) is 32.0 Å². The number of rotatable bonds is 8. The number of hydrogen-bond acceptors (Lipinski definition) is 3. The first-order valence-corrected chi connectivity index (χ1v) is 6.79. The molecule has 106 valence electrons. The summed E-state index contributed by atoms with van der Waals surface area (Å²) < 4.78 is 5.48. The number of nitrogens with one attached hydrogen (secondary N) is 1. The molecule has 1 aromatic rings. The number of carbonyl (C=O) groups excluding carboxylic acids is 1. The Morgan fingerprint density at radius 2 is 2.00 bits per heavy atom. The van der Waals surface area contributed by atoms with E-state index in [1.165, 1.54) is 0 Å². The zero-order valence-electron chi connectivity index (χ0n) is 11.8. The number of carbonyl (C=O) groups is 1. The van der Waals surface area contributed by atoms with Gasteiger partial charge in [-0.25, -0.2) is 0 Å². The first-order chi connectivity index (χ1) is 9.11. The van der Waals surface area contributed by atoms with Gasteiger partial charge in [0.1, 0.15) is 5.75 Å². The van der Waals surface area contributed by atoms with Crippen molar-refractivity contribution in [1.29, 1.82) is 0 Å². The first kappa shape index (κ1) is 15.5. The van der Waals surface area contributed by atoms with Gasteiger partial charge >= 0.3 is 0 Å². The molecule has 4 nitrogen and oxygen atoms in total. The highest BCUT2D eigenvalue weighted by molar-refractivity contribution is 5.76. The molecule has 0 aliphatic rings. The molecular weight excluding hydrogens is 240 g/mol. The average Bonchev–Trinajstić information content (AvgIpc) is 2.38. The fourth-order valence-corrected chi connectivity index (χ4v) is 1.86. The summed E-state index contributed by atoms with van der Waals surface area (Å²) in [5.41, 5.74) is 5.64. The Kier molecular flexibility index (Phi) is 6.97. The maximum atomic E-state index is 11.7. The van der Waals surface area contributed by atoms with Crippen molar-refractivity contribution >= 4 is 5.91 Å². The van der Waals surface area contributed by atoms with E-state index in [-0.39, 0.29) is 11.9 Å². The van der Waals surface area contributed by atoms with E-state index >= 15 is 0 Å². The Hall–Kier alpha value is -1.55. The Bertz CT molecular complexity index is 366. The number of hydrogen-bond donors (Lipinski definition) is 2. The molecule has 0 saturated heterocycles. The van der Waals surface area contributed by atoms with Crippen molar-refractivity contribution in [3.63, 3.8) is 0 Å². The fourth-order valence-electron chi connectivity index (χ4n) is 1.86. The maximum Gasteiger partial charge on any atom is 0.223 e. The van der Waals surface area contributed by atoms with E-state index in [9.17, 15) is 4.79 Å². The van der Waals surface area contributed by atoms with Crippen LogP contribution in [0.15, 0.2) is 30.3 Å². The molecule has 0 aromatic heterocycles. The monoisotopic (exact) mass is 264 g/mol. The van der Waals surface area contributed by atoms with Gasteiger partial charge in [0.25, 0.3) is 0 Å². The molecule has 1 amide bonds. The Labute approximate surface area is 115 Å². The second kappa shape index (κ2) is 8.53. The van der Waals surface area contributed by atoms with Crippen LogP contribution in [0.3, 0.4) is 0 Å². The van der Waals surface area contributed by atoms with Gasteiger partial charge in [-0.15, -0.1) is 0 Å². The molecule has 19 heavy (non-hydrogen) atoms. The molecule has 1 atom stereocenters. The minimum atomic E-state index is -0.00738. The van der Waals surface area contributed by atoms with E-state index in [1.807, 2.05) is 30.3 Å². The van der Waals surface area contributed by atoms with Crippen molar-refractivity contribution in [2.45, 2.75) is 32.7 Å². The van der Waals surface area contributed by atoms with Crippen LogP contribution in [-0.2, 0) is 4.79 Å². The van der Waals surface area contributed by atoms with Crippen molar-refractivity contribution in [3.05, 3.63) is 30.3 Å². The number of nitrogens with two attached hydrogens (primary N) is 1. The molecule has 4 heteroatoms. The maximum absolute atomic E-state index is 11.7. The third-order valence-corrected chi connectivity index (χ3v) is 2.75. The van der Waals surface area contributed by atoms with Crippen LogP contribution in [0.5, 0.6) is 5.75 Å². The van der Waals surface area contributed by atoms with Crippen LogP contribution in [0.25, 0.3) is 0 Å².